The number of aliphatic hydroxyl groups excluding tert-OH is 2. The van der Waals surface area contributed by atoms with Gasteiger partial charge in [0.15, 0.2) is 0 Å². The predicted molar refractivity (Wildman–Crippen MR) is 350 cm³/mol. The first kappa shape index (κ1) is 75.8. The van der Waals surface area contributed by atoms with E-state index in [2.05, 4.69) is 79.9 Å². The number of carbonyl (C=O) groups is 1. The van der Waals surface area contributed by atoms with Crippen LogP contribution in [0.25, 0.3) is 0 Å². The van der Waals surface area contributed by atoms with Crippen LogP contribution in [0.1, 0.15) is 373 Å². The third kappa shape index (κ3) is 64.6. The van der Waals surface area contributed by atoms with Crippen molar-refractivity contribution in [1.29, 1.82) is 0 Å². The molecule has 0 aromatic heterocycles. The van der Waals surface area contributed by atoms with Crippen LogP contribution < -0.4 is 5.32 Å². The second kappa shape index (κ2) is 69.1. The Kier molecular flexibility index (Phi) is 67.2. The molecule has 78 heavy (non-hydrogen) atoms. The molecule has 0 heterocycles. The van der Waals surface area contributed by atoms with Gasteiger partial charge < -0.3 is 15.5 Å². The molecule has 4 heteroatoms. The molecular formula is C74H137NO3. The summed E-state index contributed by atoms with van der Waals surface area (Å²) in [4.78, 5) is 12.5. The molecule has 0 bridgehead atoms. The van der Waals surface area contributed by atoms with Crippen LogP contribution >= 0.6 is 0 Å². The van der Waals surface area contributed by atoms with Crippen molar-refractivity contribution < 1.29 is 15.0 Å². The van der Waals surface area contributed by atoms with Gasteiger partial charge in [-0.2, -0.15) is 0 Å². The molecule has 0 aromatic carbocycles. The van der Waals surface area contributed by atoms with Crippen molar-refractivity contribution in [3.8, 4) is 0 Å². The molecular weight excluding hydrogens is 951 g/mol. The lowest BCUT2D eigenvalue weighted by molar-refractivity contribution is -0.123. The zero-order valence-corrected chi connectivity index (χ0v) is 52.7. The van der Waals surface area contributed by atoms with Crippen LogP contribution in [0.2, 0.25) is 0 Å². The zero-order chi connectivity index (χ0) is 56.2. The van der Waals surface area contributed by atoms with Crippen molar-refractivity contribution in [1.82, 2.24) is 5.32 Å². The van der Waals surface area contributed by atoms with Crippen LogP contribution in [0.15, 0.2) is 72.9 Å². The van der Waals surface area contributed by atoms with Gasteiger partial charge in [0.1, 0.15) is 0 Å². The lowest BCUT2D eigenvalue weighted by atomic mass is 10.0. The maximum Gasteiger partial charge on any atom is 0.220 e. The van der Waals surface area contributed by atoms with E-state index >= 15 is 0 Å². The van der Waals surface area contributed by atoms with E-state index in [0.717, 1.165) is 51.4 Å². The fraction of sp³-hybridized carbons (Fsp3) is 0.824. The summed E-state index contributed by atoms with van der Waals surface area (Å²) in [7, 11) is 0. The van der Waals surface area contributed by atoms with E-state index in [4.69, 9.17) is 0 Å². The Balaban J connectivity index is 3.49. The summed E-state index contributed by atoms with van der Waals surface area (Å²) in [6, 6.07) is -0.649. The van der Waals surface area contributed by atoms with Gasteiger partial charge in [-0.3, -0.25) is 4.79 Å². The Morgan fingerprint density at radius 3 is 0.833 bits per heavy atom. The maximum absolute atomic E-state index is 12.5. The van der Waals surface area contributed by atoms with Crippen molar-refractivity contribution in [3.05, 3.63) is 72.9 Å². The first-order valence-electron chi connectivity index (χ1n) is 35.2. The number of aliphatic hydroxyl groups is 2. The smallest absolute Gasteiger partial charge is 0.220 e. The summed E-state index contributed by atoms with van der Waals surface area (Å²) in [6.45, 7) is 4.32. The van der Waals surface area contributed by atoms with Gasteiger partial charge in [-0.05, 0) is 83.5 Å². The monoisotopic (exact) mass is 1090 g/mol. The third-order valence-electron chi connectivity index (χ3n) is 16.1. The molecule has 456 valence electrons. The van der Waals surface area contributed by atoms with Crippen LogP contribution in [-0.4, -0.2) is 34.9 Å². The summed E-state index contributed by atoms with van der Waals surface area (Å²) >= 11 is 0. The molecule has 0 rings (SSSR count). The molecule has 0 aromatic rings. The second-order valence-electron chi connectivity index (χ2n) is 23.9. The summed E-state index contributed by atoms with van der Waals surface area (Å²) < 4.78 is 0. The number of rotatable bonds is 65. The molecule has 0 saturated heterocycles. The topological polar surface area (TPSA) is 69.6 Å². The minimum Gasteiger partial charge on any atom is -0.394 e. The van der Waals surface area contributed by atoms with Gasteiger partial charge in [0.25, 0.3) is 0 Å². The number of allylic oxidation sites excluding steroid dienone is 11. The van der Waals surface area contributed by atoms with Gasteiger partial charge in [0.05, 0.1) is 18.8 Å². The van der Waals surface area contributed by atoms with Crippen LogP contribution in [0, 0.1) is 0 Å². The van der Waals surface area contributed by atoms with Crippen LogP contribution in [0.5, 0.6) is 0 Å². The summed E-state index contributed by atoms with van der Waals surface area (Å²) in [5.74, 6) is -0.0731. The molecule has 0 aliphatic carbocycles. The highest BCUT2D eigenvalue weighted by atomic mass is 16.3. The molecule has 0 fully saturated rings. The van der Waals surface area contributed by atoms with Crippen LogP contribution in [0.3, 0.4) is 0 Å². The normalized spacial score (nSPS) is 13.1. The van der Waals surface area contributed by atoms with Crippen molar-refractivity contribution in [3.63, 3.8) is 0 Å². The molecule has 2 atom stereocenters. The van der Waals surface area contributed by atoms with E-state index in [-0.39, 0.29) is 12.5 Å². The predicted octanol–water partition coefficient (Wildman–Crippen LogP) is 24.0. The standard InChI is InChI=1S/C74H137NO3/c1-3-5-7-9-11-13-15-17-19-21-23-25-27-29-31-33-35-36-37-38-40-42-44-46-48-50-52-54-56-58-60-62-64-66-68-70-74(78)75-72(71-76)73(77)69-67-65-63-61-59-57-55-53-51-49-47-45-43-41-39-34-32-30-28-26-24-22-20-18-16-14-12-10-8-6-4-2/h15,17,21,23,27,29,51,53,59,61,67,69,72-73,76-77H,3-14,16,18-20,22,24-26,28,30-50,52,54-58,60,62-66,68,70-71H2,1-2H3,(H,75,78)/b17-15-,23-21-,29-27-,53-51+,61-59+,69-67+. The third-order valence-corrected chi connectivity index (χ3v) is 16.1. The molecule has 2 unspecified atom stereocenters. The molecule has 0 aliphatic rings. The summed E-state index contributed by atoms with van der Waals surface area (Å²) in [6.07, 6.45) is 99.9. The van der Waals surface area contributed by atoms with Crippen molar-refractivity contribution in [2.75, 3.05) is 6.61 Å². The lowest BCUT2D eigenvalue weighted by Gasteiger charge is -2.19. The Morgan fingerprint density at radius 2 is 0.538 bits per heavy atom. The van der Waals surface area contributed by atoms with E-state index in [1.165, 1.54) is 302 Å². The van der Waals surface area contributed by atoms with E-state index in [1.54, 1.807) is 6.08 Å². The van der Waals surface area contributed by atoms with Crippen molar-refractivity contribution in [2.45, 2.75) is 386 Å². The fourth-order valence-electron chi connectivity index (χ4n) is 10.8. The zero-order valence-electron chi connectivity index (χ0n) is 52.7. The van der Waals surface area contributed by atoms with Gasteiger partial charge in [-0.1, -0.05) is 356 Å². The highest BCUT2D eigenvalue weighted by Gasteiger charge is 2.18. The summed E-state index contributed by atoms with van der Waals surface area (Å²) in [5, 5.41) is 23.3. The van der Waals surface area contributed by atoms with Crippen LogP contribution in [0.4, 0.5) is 0 Å². The quantitative estimate of drug-likeness (QED) is 0.0420. The van der Waals surface area contributed by atoms with Gasteiger partial charge in [-0.25, -0.2) is 0 Å². The number of carbonyl (C=O) groups excluding carboxylic acids is 1. The first-order chi connectivity index (χ1) is 38.7. The molecule has 1 amide bonds. The Morgan fingerprint density at radius 1 is 0.308 bits per heavy atom. The highest BCUT2D eigenvalue weighted by molar-refractivity contribution is 5.76. The Hall–Kier alpha value is -2.17. The molecule has 0 saturated carbocycles. The number of nitrogens with one attached hydrogen (secondary N) is 1. The average Bonchev–Trinajstić information content (AvgIpc) is 3.44. The van der Waals surface area contributed by atoms with E-state index in [1.807, 2.05) is 6.08 Å². The van der Waals surface area contributed by atoms with Gasteiger partial charge in [0, 0.05) is 6.42 Å². The Labute approximate surface area is 489 Å². The van der Waals surface area contributed by atoms with Gasteiger partial charge in [-0.15, -0.1) is 0 Å². The fourth-order valence-corrected chi connectivity index (χ4v) is 10.8. The van der Waals surface area contributed by atoms with E-state index in [9.17, 15) is 15.0 Å². The Bertz CT molecular complexity index is 1330. The largest absolute Gasteiger partial charge is 0.394 e. The van der Waals surface area contributed by atoms with Crippen molar-refractivity contribution >= 4 is 5.91 Å². The SMILES string of the molecule is CCCCCCC/C=C\C/C=C\C/C=C\CCCCCCCCCCCCCCCCCCCCCCC(=O)NC(CO)C(O)/C=C/CC/C=C/CC/C=C/CCCCCCCCCCCCCCCCCCCCCCC. The molecule has 0 radical (unpaired) electrons. The lowest BCUT2D eigenvalue weighted by Crippen LogP contribution is -2.45. The van der Waals surface area contributed by atoms with Gasteiger partial charge in [0.2, 0.25) is 5.91 Å². The number of unbranched alkanes of at least 4 members (excludes halogenated alkanes) is 48. The number of hydrogen-bond donors (Lipinski definition) is 3. The van der Waals surface area contributed by atoms with Crippen LogP contribution in [-0.2, 0) is 4.79 Å². The van der Waals surface area contributed by atoms with Gasteiger partial charge >= 0.3 is 0 Å². The number of amides is 1. The van der Waals surface area contributed by atoms with E-state index < -0.39 is 12.1 Å². The number of hydrogen-bond acceptors (Lipinski definition) is 3. The molecule has 0 aliphatic heterocycles. The highest BCUT2D eigenvalue weighted by Crippen LogP contribution is 2.18. The average molecular weight is 1090 g/mol. The molecule has 4 nitrogen and oxygen atoms in total. The minimum absolute atomic E-state index is 0.0731. The molecule has 3 N–H and O–H groups in total. The maximum atomic E-state index is 12.5. The van der Waals surface area contributed by atoms with E-state index in [0.29, 0.717) is 6.42 Å². The second-order valence-corrected chi connectivity index (χ2v) is 23.9. The van der Waals surface area contributed by atoms with Crippen molar-refractivity contribution in [2.24, 2.45) is 0 Å². The first-order valence-corrected chi connectivity index (χ1v) is 35.2. The molecule has 0 spiro atoms. The minimum atomic E-state index is -0.874. The summed E-state index contributed by atoms with van der Waals surface area (Å²) in [5.41, 5.74) is 0.